The van der Waals surface area contributed by atoms with E-state index in [1.807, 2.05) is 0 Å². The Labute approximate surface area is 79.2 Å². The molecule has 13 heavy (non-hydrogen) atoms. The van der Waals surface area contributed by atoms with Gasteiger partial charge in [-0.2, -0.15) is 0 Å². The number of Topliss-reactive ketones (excluding diaryl/α,β-unsaturated/α-hetero) is 1. The highest BCUT2D eigenvalue weighted by Crippen LogP contribution is 2.14. The maximum absolute atomic E-state index is 11.5. The lowest BCUT2D eigenvalue weighted by atomic mass is 9.95. The largest absolute Gasteiger partial charge is 0.381 e. The molecule has 0 bridgehead atoms. The van der Waals surface area contributed by atoms with E-state index in [0.717, 1.165) is 26.1 Å². The van der Waals surface area contributed by atoms with Crippen LogP contribution >= 0.6 is 0 Å². The first-order valence-electron chi connectivity index (χ1n) is 4.76. The second-order valence-corrected chi connectivity index (χ2v) is 3.27. The first-order valence-corrected chi connectivity index (χ1v) is 4.76. The van der Waals surface area contributed by atoms with E-state index in [2.05, 4.69) is 11.9 Å². The lowest BCUT2D eigenvalue weighted by molar-refractivity contribution is -0.124. The Kier molecular flexibility index (Phi) is 4.72. The van der Waals surface area contributed by atoms with E-state index in [0.29, 0.717) is 18.9 Å². The monoisotopic (exact) mass is 183 g/mol. The van der Waals surface area contributed by atoms with Crippen LogP contribution in [-0.4, -0.2) is 32.1 Å². The van der Waals surface area contributed by atoms with Crippen LogP contribution in [0.4, 0.5) is 0 Å². The maximum atomic E-state index is 11.5. The van der Waals surface area contributed by atoms with Gasteiger partial charge in [0.1, 0.15) is 5.78 Å². The fourth-order valence-corrected chi connectivity index (χ4v) is 1.46. The van der Waals surface area contributed by atoms with Crippen molar-refractivity contribution in [1.82, 2.24) is 5.32 Å². The highest BCUT2D eigenvalue weighted by atomic mass is 16.5. The molecular weight excluding hydrogens is 166 g/mol. The van der Waals surface area contributed by atoms with E-state index in [9.17, 15) is 4.79 Å². The quantitative estimate of drug-likeness (QED) is 0.505. The first-order chi connectivity index (χ1) is 6.34. The summed E-state index contributed by atoms with van der Waals surface area (Å²) in [4.78, 5) is 11.5. The zero-order valence-electron chi connectivity index (χ0n) is 7.92. The lowest BCUT2D eigenvalue weighted by Gasteiger charge is -2.20. The van der Waals surface area contributed by atoms with Gasteiger partial charge in [0, 0.05) is 25.7 Å². The molecule has 0 amide bonds. The highest BCUT2D eigenvalue weighted by Gasteiger charge is 2.20. The van der Waals surface area contributed by atoms with Crippen LogP contribution in [0.25, 0.3) is 0 Å². The minimum Gasteiger partial charge on any atom is -0.381 e. The predicted octanol–water partition coefficient (Wildman–Crippen LogP) is 0.758. The lowest BCUT2D eigenvalue weighted by Crippen LogP contribution is -2.31. The molecule has 1 saturated heterocycles. The molecule has 3 heteroatoms. The Bertz CT molecular complexity index is 174. The molecule has 1 rings (SSSR count). The maximum Gasteiger partial charge on any atom is 0.149 e. The summed E-state index contributed by atoms with van der Waals surface area (Å²) in [5.41, 5.74) is 0. The smallest absolute Gasteiger partial charge is 0.149 e. The predicted molar refractivity (Wildman–Crippen MR) is 51.6 cm³/mol. The van der Waals surface area contributed by atoms with Gasteiger partial charge in [0.25, 0.3) is 0 Å². The van der Waals surface area contributed by atoms with Crippen LogP contribution in [0.3, 0.4) is 0 Å². The molecule has 1 aliphatic rings. The summed E-state index contributed by atoms with van der Waals surface area (Å²) in [6.07, 6.45) is 3.53. The summed E-state index contributed by atoms with van der Waals surface area (Å²) in [6, 6.07) is 0. The van der Waals surface area contributed by atoms with Crippen molar-refractivity contribution in [2.24, 2.45) is 5.92 Å². The molecule has 0 atom stereocenters. The van der Waals surface area contributed by atoms with Crippen molar-refractivity contribution in [3.63, 3.8) is 0 Å². The van der Waals surface area contributed by atoms with E-state index in [1.54, 1.807) is 6.08 Å². The van der Waals surface area contributed by atoms with Crippen LogP contribution in [-0.2, 0) is 9.53 Å². The topological polar surface area (TPSA) is 38.3 Å². The number of ether oxygens (including phenoxy) is 1. The second kappa shape index (κ2) is 5.89. The molecule has 0 radical (unpaired) electrons. The molecule has 0 aliphatic carbocycles. The summed E-state index contributed by atoms with van der Waals surface area (Å²) in [5.74, 6) is 0.524. The SMILES string of the molecule is C=CCNCC(=O)C1CCOCC1. The summed E-state index contributed by atoms with van der Waals surface area (Å²) < 4.78 is 5.19. The molecule has 0 spiro atoms. The van der Waals surface area contributed by atoms with Crippen LogP contribution in [0.2, 0.25) is 0 Å². The molecule has 1 N–H and O–H groups in total. The van der Waals surface area contributed by atoms with Gasteiger partial charge < -0.3 is 10.1 Å². The zero-order valence-corrected chi connectivity index (χ0v) is 7.92. The van der Waals surface area contributed by atoms with Crippen molar-refractivity contribution in [2.75, 3.05) is 26.3 Å². The van der Waals surface area contributed by atoms with Gasteiger partial charge in [-0.25, -0.2) is 0 Å². The summed E-state index contributed by atoms with van der Waals surface area (Å²) in [7, 11) is 0. The normalized spacial score (nSPS) is 18.5. The molecule has 0 aromatic carbocycles. The minimum absolute atomic E-state index is 0.214. The summed E-state index contributed by atoms with van der Waals surface area (Å²) >= 11 is 0. The van der Waals surface area contributed by atoms with Gasteiger partial charge in [-0.05, 0) is 12.8 Å². The summed E-state index contributed by atoms with van der Waals surface area (Å²) in [6.45, 7) is 6.22. The van der Waals surface area contributed by atoms with Crippen molar-refractivity contribution < 1.29 is 9.53 Å². The van der Waals surface area contributed by atoms with Gasteiger partial charge in [0.15, 0.2) is 0 Å². The molecule has 74 valence electrons. The van der Waals surface area contributed by atoms with Crippen LogP contribution in [0.15, 0.2) is 12.7 Å². The number of nitrogens with one attached hydrogen (secondary N) is 1. The van der Waals surface area contributed by atoms with Gasteiger partial charge in [0.05, 0.1) is 6.54 Å². The van der Waals surface area contributed by atoms with Gasteiger partial charge >= 0.3 is 0 Å². The van der Waals surface area contributed by atoms with Crippen molar-refractivity contribution >= 4 is 5.78 Å². The average Bonchev–Trinajstić information content (AvgIpc) is 2.19. The Morgan fingerprint density at radius 3 is 2.85 bits per heavy atom. The van der Waals surface area contributed by atoms with Gasteiger partial charge in [0.2, 0.25) is 0 Å². The molecule has 0 aromatic rings. The van der Waals surface area contributed by atoms with Crippen LogP contribution in [0.1, 0.15) is 12.8 Å². The number of carbonyl (C=O) groups is 1. The molecule has 1 heterocycles. The standard InChI is InChI=1S/C10H17NO2/c1-2-5-11-8-10(12)9-3-6-13-7-4-9/h2,9,11H,1,3-8H2. The molecule has 1 aliphatic heterocycles. The van der Waals surface area contributed by atoms with E-state index in [1.165, 1.54) is 0 Å². The third-order valence-electron chi connectivity index (χ3n) is 2.26. The summed E-state index contributed by atoms with van der Waals surface area (Å²) in [5, 5.41) is 3.02. The third-order valence-corrected chi connectivity index (χ3v) is 2.26. The molecular formula is C10H17NO2. The fraction of sp³-hybridized carbons (Fsp3) is 0.700. The van der Waals surface area contributed by atoms with Gasteiger partial charge in [-0.3, -0.25) is 4.79 Å². The molecule has 1 fully saturated rings. The van der Waals surface area contributed by atoms with Crippen LogP contribution < -0.4 is 5.32 Å². The number of ketones is 1. The number of hydrogen-bond donors (Lipinski definition) is 1. The van der Waals surface area contributed by atoms with Crippen molar-refractivity contribution in [1.29, 1.82) is 0 Å². The van der Waals surface area contributed by atoms with Crippen molar-refractivity contribution in [3.8, 4) is 0 Å². The minimum atomic E-state index is 0.214. The Morgan fingerprint density at radius 1 is 1.54 bits per heavy atom. The Hall–Kier alpha value is -0.670. The molecule has 0 unspecified atom stereocenters. The number of hydrogen-bond acceptors (Lipinski definition) is 3. The number of rotatable bonds is 5. The van der Waals surface area contributed by atoms with Gasteiger partial charge in [-0.1, -0.05) is 6.08 Å². The third kappa shape index (κ3) is 3.70. The van der Waals surface area contributed by atoms with Crippen molar-refractivity contribution in [3.05, 3.63) is 12.7 Å². The number of carbonyl (C=O) groups excluding carboxylic acids is 1. The highest BCUT2D eigenvalue weighted by molar-refractivity contribution is 5.83. The van der Waals surface area contributed by atoms with Crippen molar-refractivity contribution in [2.45, 2.75) is 12.8 Å². The van der Waals surface area contributed by atoms with Gasteiger partial charge in [-0.15, -0.1) is 6.58 Å². The Morgan fingerprint density at radius 2 is 2.23 bits per heavy atom. The molecule has 0 aromatic heterocycles. The average molecular weight is 183 g/mol. The van der Waals surface area contributed by atoms with E-state index in [-0.39, 0.29) is 5.92 Å². The van der Waals surface area contributed by atoms with Crippen LogP contribution in [0.5, 0.6) is 0 Å². The fourth-order valence-electron chi connectivity index (χ4n) is 1.46. The van der Waals surface area contributed by atoms with E-state index in [4.69, 9.17) is 4.74 Å². The first kappa shape index (κ1) is 10.4. The molecule has 0 saturated carbocycles. The zero-order chi connectivity index (χ0) is 9.52. The molecule has 3 nitrogen and oxygen atoms in total. The van der Waals surface area contributed by atoms with Crippen LogP contribution in [0, 0.1) is 5.92 Å². The van der Waals surface area contributed by atoms with E-state index >= 15 is 0 Å². The Balaban J connectivity index is 2.17. The van der Waals surface area contributed by atoms with E-state index < -0.39 is 0 Å². The second-order valence-electron chi connectivity index (χ2n) is 3.27.